The maximum atomic E-state index is 12.3. The average molecular weight is 683 g/mol. The van der Waals surface area contributed by atoms with Gasteiger partial charge in [-0.25, -0.2) is 0 Å². The summed E-state index contributed by atoms with van der Waals surface area (Å²) in [5.74, 6) is -0.417. The molecule has 52 heavy (non-hydrogen) atoms. The first-order chi connectivity index (χ1) is 25.5. The van der Waals surface area contributed by atoms with Crippen LogP contribution in [0.3, 0.4) is 0 Å². The molecule has 0 saturated carbocycles. The summed E-state index contributed by atoms with van der Waals surface area (Å²) in [5.41, 5.74) is 5.28. The van der Waals surface area contributed by atoms with Crippen molar-refractivity contribution in [2.24, 2.45) is 0 Å². The van der Waals surface area contributed by atoms with E-state index in [-0.39, 0.29) is 11.3 Å². The first-order valence-corrected chi connectivity index (χ1v) is 18.9. The number of hydrogen-bond donors (Lipinski definition) is 1. The first-order valence-electron chi connectivity index (χ1n) is 18.9. The molecule has 1 aliphatic rings. The predicted octanol–water partition coefficient (Wildman–Crippen LogP) is 12.0. The van der Waals surface area contributed by atoms with E-state index in [1.54, 1.807) is 0 Å². The van der Waals surface area contributed by atoms with Gasteiger partial charge in [0.1, 0.15) is 23.5 Å². The Morgan fingerprint density at radius 3 is 1.46 bits per heavy atom. The van der Waals surface area contributed by atoms with Gasteiger partial charge in [0.05, 0.1) is 5.92 Å². The Bertz CT molecular complexity index is 2450. The van der Waals surface area contributed by atoms with Crippen molar-refractivity contribution in [3.63, 3.8) is 0 Å². The van der Waals surface area contributed by atoms with Gasteiger partial charge in [-0.2, -0.15) is 10.5 Å². The van der Waals surface area contributed by atoms with Crippen molar-refractivity contribution in [1.29, 1.82) is 10.5 Å². The minimum atomic E-state index is -0.611. The highest BCUT2D eigenvalue weighted by molar-refractivity contribution is 6.13. The molecule has 0 saturated heterocycles. The molecule has 1 aliphatic carbocycles. The summed E-state index contributed by atoms with van der Waals surface area (Å²) >= 11 is 0. The molecule has 1 unspecified atom stereocenters. The molecule has 5 heteroatoms. The van der Waals surface area contributed by atoms with Crippen molar-refractivity contribution >= 4 is 60.0 Å². The summed E-state index contributed by atoms with van der Waals surface area (Å²) in [4.78, 5) is 4.90. The normalized spacial score (nSPS) is 14.1. The van der Waals surface area contributed by atoms with Crippen molar-refractivity contribution in [2.45, 2.75) is 59.3 Å². The Kier molecular flexibility index (Phi) is 9.88. The van der Waals surface area contributed by atoms with Crippen LogP contribution in [0.5, 0.6) is 0 Å². The van der Waals surface area contributed by atoms with E-state index < -0.39 is 5.92 Å². The van der Waals surface area contributed by atoms with Crippen LogP contribution in [0.1, 0.15) is 70.4 Å². The third-order valence-corrected chi connectivity index (χ3v) is 10.6. The molecule has 0 spiro atoms. The van der Waals surface area contributed by atoms with Crippen molar-refractivity contribution in [1.82, 2.24) is 0 Å². The summed E-state index contributed by atoms with van der Waals surface area (Å²) < 4.78 is 0. The third-order valence-electron chi connectivity index (χ3n) is 10.6. The smallest absolute Gasteiger partial charge is 0.134 e. The molecule has 0 fully saturated rings. The van der Waals surface area contributed by atoms with Gasteiger partial charge >= 0.3 is 0 Å². The zero-order valence-electron chi connectivity index (χ0n) is 30.7. The fraction of sp³-hybridized carbons (Fsp3) is 0.277. The van der Waals surface area contributed by atoms with E-state index in [2.05, 4.69) is 135 Å². The van der Waals surface area contributed by atoms with Crippen LogP contribution in [0.2, 0.25) is 0 Å². The summed E-state index contributed by atoms with van der Waals surface area (Å²) in [5, 5.41) is 41.9. The Balaban J connectivity index is 1.50. The number of anilines is 2. The number of fused-ring (bicyclic) bond motifs is 4. The highest BCUT2D eigenvalue weighted by atomic mass is 16.3. The molecule has 0 aromatic heterocycles. The second-order valence-corrected chi connectivity index (χ2v) is 14.0. The van der Waals surface area contributed by atoms with Crippen molar-refractivity contribution in [3.8, 4) is 12.1 Å². The van der Waals surface area contributed by atoms with Crippen LogP contribution < -0.4 is 9.80 Å². The van der Waals surface area contributed by atoms with Gasteiger partial charge in [0.15, 0.2) is 0 Å². The third kappa shape index (κ3) is 5.91. The number of benzene rings is 6. The molecule has 1 N–H and O–H groups in total. The predicted molar refractivity (Wildman–Crippen MR) is 219 cm³/mol. The van der Waals surface area contributed by atoms with Crippen LogP contribution in [-0.4, -0.2) is 31.3 Å². The first kappa shape index (κ1) is 34.7. The molecule has 5 nitrogen and oxygen atoms in total. The molecule has 0 amide bonds. The van der Waals surface area contributed by atoms with Gasteiger partial charge in [0.25, 0.3) is 0 Å². The van der Waals surface area contributed by atoms with Crippen LogP contribution in [0, 0.1) is 22.7 Å². The lowest BCUT2D eigenvalue weighted by Crippen LogP contribution is -2.26. The topological polar surface area (TPSA) is 74.3 Å². The van der Waals surface area contributed by atoms with E-state index in [0.717, 1.165) is 112 Å². The second kappa shape index (κ2) is 14.8. The van der Waals surface area contributed by atoms with E-state index in [1.807, 2.05) is 12.1 Å². The highest BCUT2D eigenvalue weighted by Gasteiger charge is 2.42. The number of allylic oxidation sites excluding steroid dienone is 3. The van der Waals surface area contributed by atoms with E-state index in [1.165, 1.54) is 5.69 Å². The molecule has 6 aromatic carbocycles. The molecular weight excluding hydrogens is 637 g/mol. The van der Waals surface area contributed by atoms with E-state index in [4.69, 9.17) is 0 Å². The number of hydrogen-bond acceptors (Lipinski definition) is 5. The van der Waals surface area contributed by atoms with Crippen LogP contribution >= 0.6 is 0 Å². The second-order valence-electron chi connectivity index (χ2n) is 14.0. The number of nitriles is 2. The fourth-order valence-corrected chi connectivity index (χ4v) is 8.35. The van der Waals surface area contributed by atoms with E-state index >= 15 is 0 Å². The molecular formula is C47H46N4O. The van der Waals surface area contributed by atoms with Gasteiger partial charge in [-0.3, -0.25) is 0 Å². The monoisotopic (exact) mass is 682 g/mol. The number of aliphatic hydroxyl groups is 1. The largest absolute Gasteiger partial charge is 0.511 e. The lowest BCUT2D eigenvalue weighted by molar-refractivity contribution is 0.370. The van der Waals surface area contributed by atoms with E-state index in [0.29, 0.717) is 11.1 Å². The molecule has 7 rings (SSSR count). The zero-order valence-corrected chi connectivity index (χ0v) is 30.7. The maximum absolute atomic E-state index is 12.3. The summed E-state index contributed by atoms with van der Waals surface area (Å²) in [6, 6.07) is 38.6. The molecule has 1 atom stereocenters. The Hall–Kier alpha value is -5.78. The molecule has 0 heterocycles. The quantitative estimate of drug-likeness (QED) is 0.103. The van der Waals surface area contributed by atoms with Crippen molar-refractivity contribution in [3.05, 3.63) is 125 Å². The maximum Gasteiger partial charge on any atom is 0.134 e. The minimum Gasteiger partial charge on any atom is -0.511 e. The molecule has 0 aliphatic heterocycles. The molecule has 6 aromatic rings. The van der Waals surface area contributed by atoms with Gasteiger partial charge in [-0.05, 0) is 106 Å². The van der Waals surface area contributed by atoms with Crippen molar-refractivity contribution in [2.75, 3.05) is 36.0 Å². The van der Waals surface area contributed by atoms with Crippen LogP contribution in [0.25, 0.3) is 48.7 Å². The average Bonchev–Trinajstić information content (AvgIpc) is 3.16. The fourth-order valence-electron chi connectivity index (χ4n) is 8.35. The molecule has 260 valence electrons. The van der Waals surface area contributed by atoms with E-state index in [9.17, 15) is 15.6 Å². The minimum absolute atomic E-state index is 0.0333. The molecule has 0 radical (unpaired) electrons. The summed E-state index contributed by atoms with van der Waals surface area (Å²) in [6.07, 6.45) is 4.12. The highest BCUT2D eigenvalue weighted by Crippen LogP contribution is 2.56. The van der Waals surface area contributed by atoms with Gasteiger partial charge < -0.3 is 14.9 Å². The lowest BCUT2D eigenvalue weighted by atomic mass is 9.68. The van der Waals surface area contributed by atoms with Crippen LogP contribution in [0.4, 0.5) is 11.4 Å². The Labute approximate surface area is 307 Å². The Morgan fingerprint density at radius 2 is 1.00 bits per heavy atom. The summed E-state index contributed by atoms with van der Waals surface area (Å²) in [6.45, 7) is 12.6. The standard InChI is InChI=1S/C47H46N4O/c1-5-21-50(22-6-2)42-19-17-36(38-25-31-13-9-11-15-33(31)27-40(38)42)45-44(35(29-48)30-49)46(47(45)52)37-18-20-43(51(23-7-3)24-8-4)41-28-34-16-12-10-14-32(34)26-39(37)41/h9-20,25-28,45,52H,5-8,21-24H2,1-4H3. The van der Waals surface area contributed by atoms with Gasteiger partial charge in [0, 0.05) is 59.5 Å². The van der Waals surface area contributed by atoms with Gasteiger partial charge in [0.2, 0.25) is 0 Å². The zero-order chi connectivity index (χ0) is 36.4. The SMILES string of the molecule is CCCN(CCC)c1ccc(C2=C(O)C(c3ccc(N(CCC)CCC)c4cc5ccccc5cc34)C2=C(C#N)C#N)c2cc3ccccc3cc12. The molecule has 0 bridgehead atoms. The van der Waals surface area contributed by atoms with Crippen molar-refractivity contribution < 1.29 is 5.11 Å². The number of aliphatic hydroxyl groups excluding tert-OH is 1. The number of nitrogens with zero attached hydrogens (tertiary/aromatic N) is 4. The summed E-state index contributed by atoms with van der Waals surface area (Å²) in [7, 11) is 0. The lowest BCUT2D eigenvalue weighted by Gasteiger charge is -2.36. The van der Waals surface area contributed by atoms with Gasteiger partial charge in [-0.15, -0.1) is 0 Å². The van der Waals surface area contributed by atoms with Crippen LogP contribution in [0.15, 0.2) is 114 Å². The van der Waals surface area contributed by atoms with Crippen LogP contribution in [-0.2, 0) is 0 Å². The van der Waals surface area contributed by atoms with Gasteiger partial charge in [-0.1, -0.05) is 88.4 Å². The number of rotatable bonds is 12. The Morgan fingerprint density at radius 1 is 0.577 bits per heavy atom.